The van der Waals surface area contributed by atoms with Crippen LogP contribution in [0.4, 0.5) is 0 Å². The van der Waals surface area contributed by atoms with Crippen molar-refractivity contribution in [2.75, 3.05) is 6.54 Å². The van der Waals surface area contributed by atoms with Crippen LogP contribution >= 0.6 is 0 Å². The molecule has 0 fully saturated rings. The van der Waals surface area contributed by atoms with Gasteiger partial charge in [0.1, 0.15) is 5.92 Å². The van der Waals surface area contributed by atoms with Crippen molar-refractivity contribution in [3.8, 4) is 0 Å². The number of rotatable bonds is 6. The first-order valence-corrected chi connectivity index (χ1v) is 6.20. The SMILES string of the molecule is CC(C)C(C(=O)NCCc1cccnc1)C(N)=NO. The van der Waals surface area contributed by atoms with Crippen LogP contribution in [0.1, 0.15) is 19.4 Å². The number of nitrogens with two attached hydrogens (primary N) is 1. The van der Waals surface area contributed by atoms with Gasteiger partial charge in [-0.15, -0.1) is 0 Å². The summed E-state index contributed by atoms with van der Waals surface area (Å²) < 4.78 is 0. The van der Waals surface area contributed by atoms with Gasteiger partial charge < -0.3 is 16.3 Å². The van der Waals surface area contributed by atoms with Crippen LogP contribution in [0.15, 0.2) is 29.7 Å². The van der Waals surface area contributed by atoms with Crippen molar-refractivity contribution < 1.29 is 10.0 Å². The lowest BCUT2D eigenvalue weighted by Gasteiger charge is -2.18. The van der Waals surface area contributed by atoms with Crippen molar-refractivity contribution in [2.24, 2.45) is 22.7 Å². The Balaban J connectivity index is 2.50. The molecule has 0 bridgehead atoms. The lowest BCUT2D eigenvalue weighted by molar-refractivity contribution is -0.124. The van der Waals surface area contributed by atoms with Crippen molar-refractivity contribution in [2.45, 2.75) is 20.3 Å². The molecule has 0 saturated carbocycles. The van der Waals surface area contributed by atoms with Gasteiger partial charge in [0.05, 0.1) is 0 Å². The van der Waals surface area contributed by atoms with Crippen LogP contribution in [0, 0.1) is 11.8 Å². The second kappa shape index (κ2) is 7.35. The molecular formula is C13H20N4O2. The molecular weight excluding hydrogens is 244 g/mol. The molecule has 1 aromatic heterocycles. The van der Waals surface area contributed by atoms with Gasteiger partial charge in [0.2, 0.25) is 5.91 Å². The zero-order chi connectivity index (χ0) is 14.3. The first kappa shape index (κ1) is 14.9. The minimum atomic E-state index is -0.612. The molecule has 19 heavy (non-hydrogen) atoms. The molecule has 6 nitrogen and oxygen atoms in total. The number of aromatic nitrogens is 1. The van der Waals surface area contributed by atoms with Gasteiger partial charge in [-0.3, -0.25) is 9.78 Å². The summed E-state index contributed by atoms with van der Waals surface area (Å²) in [6.45, 7) is 4.19. The molecule has 1 unspecified atom stereocenters. The molecule has 0 radical (unpaired) electrons. The average molecular weight is 264 g/mol. The van der Waals surface area contributed by atoms with E-state index in [-0.39, 0.29) is 17.7 Å². The zero-order valence-electron chi connectivity index (χ0n) is 11.2. The third-order valence-electron chi connectivity index (χ3n) is 2.82. The number of nitrogens with zero attached hydrogens (tertiary/aromatic N) is 2. The largest absolute Gasteiger partial charge is 0.409 e. The van der Waals surface area contributed by atoms with E-state index in [9.17, 15) is 4.79 Å². The molecule has 0 aliphatic heterocycles. The van der Waals surface area contributed by atoms with Crippen LogP contribution in [-0.2, 0) is 11.2 Å². The third kappa shape index (κ3) is 4.57. The third-order valence-corrected chi connectivity index (χ3v) is 2.82. The van der Waals surface area contributed by atoms with Gasteiger partial charge in [-0.25, -0.2) is 0 Å². The Morgan fingerprint density at radius 3 is 2.84 bits per heavy atom. The van der Waals surface area contributed by atoms with Gasteiger partial charge in [-0.2, -0.15) is 0 Å². The number of hydrogen-bond donors (Lipinski definition) is 3. The standard InChI is InChI=1S/C13H20N4O2/c1-9(2)11(12(14)17-19)13(18)16-7-5-10-4-3-6-15-8-10/h3-4,6,8-9,11,19H,5,7H2,1-2H3,(H2,14,17)(H,16,18). The van der Waals surface area contributed by atoms with Gasteiger partial charge in [0.25, 0.3) is 0 Å². The van der Waals surface area contributed by atoms with Gasteiger partial charge >= 0.3 is 0 Å². The van der Waals surface area contributed by atoms with E-state index in [1.54, 1.807) is 12.4 Å². The molecule has 104 valence electrons. The second-order valence-corrected chi connectivity index (χ2v) is 4.65. The first-order valence-electron chi connectivity index (χ1n) is 6.20. The second-order valence-electron chi connectivity index (χ2n) is 4.65. The molecule has 1 aromatic rings. The molecule has 0 saturated heterocycles. The highest BCUT2D eigenvalue weighted by Gasteiger charge is 2.26. The number of hydrogen-bond acceptors (Lipinski definition) is 4. The Kier molecular flexibility index (Phi) is 5.78. The van der Waals surface area contributed by atoms with Crippen molar-refractivity contribution >= 4 is 11.7 Å². The smallest absolute Gasteiger partial charge is 0.231 e. The van der Waals surface area contributed by atoms with Gasteiger partial charge in [-0.1, -0.05) is 25.1 Å². The van der Waals surface area contributed by atoms with E-state index < -0.39 is 5.92 Å². The monoisotopic (exact) mass is 264 g/mol. The molecule has 0 aliphatic carbocycles. The van der Waals surface area contributed by atoms with Crippen LogP contribution in [0.3, 0.4) is 0 Å². The number of pyridine rings is 1. The lowest BCUT2D eigenvalue weighted by Crippen LogP contribution is -2.42. The Labute approximate surface area is 112 Å². The Morgan fingerprint density at radius 1 is 1.58 bits per heavy atom. The van der Waals surface area contributed by atoms with Crippen LogP contribution in [0.2, 0.25) is 0 Å². The van der Waals surface area contributed by atoms with E-state index in [1.165, 1.54) is 0 Å². The predicted octanol–water partition coefficient (Wildman–Crippen LogP) is 0.759. The number of nitrogens with one attached hydrogen (secondary N) is 1. The molecule has 6 heteroatoms. The van der Waals surface area contributed by atoms with Gasteiger partial charge in [0.15, 0.2) is 5.84 Å². The summed E-state index contributed by atoms with van der Waals surface area (Å²) in [7, 11) is 0. The highest BCUT2D eigenvalue weighted by Crippen LogP contribution is 2.11. The fourth-order valence-corrected chi connectivity index (χ4v) is 1.83. The molecule has 1 amide bonds. The predicted molar refractivity (Wildman–Crippen MR) is 72.7 cm³/mol. The molecule has 1 atom stereocenters. The topological polar surface area (TPSA) is 101 Å². The first-order chi connectivity index (χ1) is 9.06. The lowest BCUT2D eigenvalue weighted by atomic mass is 9.94. The minimum absolute atomic E-state index is 0.0331. The normalized spacial score (nSPS) is 13.3. The Morgan fingerprint density at radius 2 is 2.32 bits per heavy atom. The quantitative estimate of drug-likeness (QED) is 0.305. The van der Waals surface area contributed by atoms with E-state index >= 15 is 0 Å². The Bertz CT molecular complexity index is 432. The fourth-order valence-electron chi connectivity index (χ4n) is 1.83. The van der Waals surface area contributed by atoms with Crippen LogP contribution in [0.25, 0.3) is 0 Å². The Hall–Kier alpha value is -2.11. The van der Waals surface area contributed by atoms with Crippen molar-refractivity contribution in [3.63, 3.8) is 0 Å². The van der Waals surface area contributed by atoms with E-state index in [2.05, 4.69) is 15.5 Å². The highest BCUT2D eigenvalue weighted by atomic mass is 16.4. The van der Waals surface area contributed by atoms with Crippen molar-refractivity contribution in [1.82, 2.24) is 10.3 Å². The number of carbonyl (C=O) groups is 1. The number of carbonyl (C=O) groups excluding carboxylic acids is 1. The maximum Gasteiger partial charge on any atom is 0.231 e. The summed E-state index contributed by atoms with van der Waals surface area (Å²) >= 11 is 0. The fraction of sp³-hybridized carbons (Fsp3) is 0.462. The van der Waals surface area contributed by atoms with Gasteiger partial charge in [-0.05, 0) is 24.0 Å². The van der Waals surface area contributed by atoms with Crippen LogP contribution in [-0.4, -0.2) is 28.5 Å². The number of oxime groups is 1. The molecule has 0 aliphatic rings. The summed E-state index contributed by atoms with van der Waals surface area (Å²) in [5, 5.41) is 14.4. The van der Waals surface area contributed by atoms with E-state index in [0.29, 0.717) is 13.0 Å². The van der Waals surface area contributed by atoms with E-state index in [1.807, 2.05) is 26.0 Å². The summed E-state index contributed by atoms with van der Waals surface area (Å²) in [6.07, 6.45) is 4.16. The zero-order valence-corrected chi connectivity index (χ0v) is 11.2. The maximum atomic E-state index is 12.0. The molecule has 0 aromatic carbocycles. The summed E-state index contributed by atoms with van der Waals surface area (Å²) in [6, 6.07) is 3.80. The summed E-state index contributed by atoms with van der Waals surface area (Å²) in [4.78, 5) is 16.0. The molecule has 0 spiro atoms. The van der Waals surface area contributed by atoms with Crippen LogP contribution in [0.5, 0.6) is 0 Å². The molecule has 1 heterocycles. The van der Waals surface area contributed by atoms with E-state index in [4.69, 9.17) is 10.9 Å². The van der Waals surface area contributed by atoms with Crippen molar-refractivity contribution in [1.29, 1.82) is 0 Å². The number of amidine groups is 1. The number of amides is 1. The maximum absolute atomic E-state index is 12.0. The van der Waals surface area contributed by atoms with Gasteiger partial charge in [0, 0.05) is 18.9 Å². The van der Waals surface area contributed by atoms with Crippen molar-refractivity contribution in [3.05, 3.63) is 30.1 Å². The average Bonchev–Trinajstić information content (AvgIpc) is 2.39. The highest BCUT2D eigenvalue weighted by molar-refractivity contribution is 6.02. The van der Waals surface area contributed by atoms with E-state index in [0.717, 1.165) is 5.56 Å². The minimum Gasteiger partial charge on any atom is -0.409 e. The molecule has 1 rings (SSSR count). The summed E-state index contributed by atoms with van der Waals surface area (Å²) in [5.41, 5.74) is 6.58. The molecule has 4 N–H and O–H groups in total. The van der Waals surface area contributed by atoms with Crippen LogP contribution < -0.4 is 11.1 Å². The summed E-state index contributed by atoms with van der Waals surface area (Å²) in [5.74, 6) is -0.934.